The maximum absolute atomic E-state index is 14.4. The van der Waals surface area contributed by atoms with Crippen molar-refractivity contribution in [2.45, 2.75) is 196 Å². The van der Waals surface area contributed by atoms with Crippen LogP contribution in [-0.4, -0.2) is 29.0 Å². The Balaban J connectivity index is 1.91. The normalized spacial score (nSPS) is 13.3. The summed E-state index contributed by atoms with van der Waals surface area (Å²) in [4.78, 5) is 43.3. The monoisotopic (exact) mass is 826 g/mol. The average molecular weight is 826 g/mol. The number of nitrogens with zero attached hydrogens (tertiary/aromatic N) is 3. The Bertz CT molecular complexity index is 2010. The molecule has 0 fully saturated rings. The highest BCUT2D eigenvalue weighted by molar-refractivity contribution is 5.52. The molecule has 0 atom stereocenters. The van der Waals surface area contributed by atoms with Crippen molar-refractivity contribution in [1.82, 2.24) is 13.7 Å². The first kappa shape index (κ1) is 48.1. The molecule has 4 rings (SSSR count). The molecule has 0 saturated carbocycles. The molecule has 0 aliphatic heterocycles. The zero-order valence-electron chi connectivity index (χ0n) is 40.1. The van der Waals surface area contributed by atoms with E-state index in [4.69, 9.17) is 0 Å². The summed E-state index contributed by atoms with van der Waals surface area (Å²) in [5, 5.41) is 34.1. The molecular formula is C51H75N3O6. The van der Waals surface area contributed by atoms with Gasteiger partial charge in [-0.3, -0.25) is 0 Å². The summed E-state index contributed by atoms with van der Waals surface area (Å²) in [6, 6.07) is 11.7. The Morgan fingerprint density at radius 3 is 0.617 bits per heavy atom. The first-order valence-corrected chi connectivity index (χ1v) is 21.6. The SMILES string of the molecule is CC(C)(C)c1cc(CCn2c(=O)n(CCc3cc(C(C)(C)C)c(O)c(C(C)(C)C)c3)c(=O)n(CCc3cc(C(C)(C)C)c(O)c(C(C)(C)C)c3)c2=O)cc(C(C)(C)C)c1O. The molecule has 9 nitrogen and oxygen atoms in total. The Morgan fingerprint density at radius 1 is 0.333 bits per heavy atom. The molecular weight excluding hydrogens is 751 g/mol. The number of hydrogen-bond acceptors (Lipinski definition) is 6. The molecule has 4 aromatic rings. The molecule has 9 heteroatoms. The van der Waals surface area contributed by atoms with Crippen LogP contribution >= 0.6 is 0 Å². The lowest BCUT2D eigenvalue weighted by atomic mass is 9.78. The molecule has 0 spiro atoms. The van der Waals surface area contributed by atoms with Gasteiger partial charge in [-0.15, -0.1) is 0 Å². The molecule has 0 saturated heterocycles. The number of phenolic OH excluding ortho intramolecular Hbond substituents is 3. The number of hydrogen-bond donors (Lipinski definition) is 3. The summed E-state index contributed by atoms with van der Waals surface area (Å²) in [5.74, 6) is 0.760. The first-order valence-electron chi connectivity index (χ1n) is 21.6. The zero-order chi connectivity index (χ0) is 45.9. The third-order valence-corrected chi connectivity index (χ3v) is 11.6. The largest absolute Gasteiger partial charge is 0.507 e. The van der Waals surface area contributed by atoms with Crippen LogP contribution in [-0.2, 0) is 71.4 Å². The molecule has 330 valence electrons. The zero-order valence-corrected chi connectivity index (χ0v) is 40.1. The van der Waals surface area contributed by atoms with Crippen LogP contribution in [0.4, 0.5) is 0 Å². The molecule has 1 aromatic heterocycles. The predicted octanol–water partition coefficient (Wildman–Crippen LogP) is 9.80. The Kier molecular flexibility index (Phi) is 13.2. The van der Waals surface area contributed by atoms with E-state index in [1.165, 1.54) is 13.7 Å². The van der Waals surface area contributed by atoms with Crippen molar-refractivity contribution in [1.29, 1.82) is 0 Å². The molecule has 0 radical (unpaired) electrons. The van der Waals surface area contributed by atoms with Crippen molar-refractivity contribution in [2.75, 3.05) is 0 Å². The molecule has 0 aliphatic rings. The number of aromatic hydroxyl groups is 3. The van der Waals surface area contributed by atoms with Crippen molar-refractivity contribution in [3.05, 3.63) is 118 Å². The third kappa shape index (κ3) is 10.5. The van der Waals surface area contributed by atoms with Crippen molar-refractivity contribution in [3.8, 4) is 17.2 Å². The lowest BCUT2D eigenvalue weighted by Gasteiger charge is -2.28. The van der Waals surface area contributed by atoms with E-state index < -0.39 is 17.1 Å². The van der Waals surface area contributed by atoms with Gasteiger partial charge in [0.05, 0.1) is 0 Å². The molecule has 0 bridgehead atoms. The molecule has 3 N–H and O–H groups in total. The first-order chi connectivity index (χ1) is 27.0. The lowest BCUT2D eigenvalue weighted by molar-refractivity contribution is 0.421. The van der Waals surface area contributed by atoms with Gasteiger partial charge in [0.1, 0.15) is 17.2 Å². The maximum Gasteiger partial charge on any atom is 0.336 e. The van der Waals surface area contributed by atoms with E-state index in [2.05, 4.69) is 0 Å². The average Bonchev–Trinajstić information content (AvgIpc) is 3.06. The molecule has 3 aromatic carbocycles. The van der Waals surface area contributed by atoms with Crippen LogP contribution in [0.15, 0.2) is 50.8 Å². The van der Waals surface area contributed by atoms with E-state index in [1.807, 2.05) is 161 Å². The summed E-state index contributed by atoms with van der Waals surface area (Å²) in [5.41, 5.74) is 3.16. The maximum atomic E-state index is 14.4. The number of rotatable bonds is 9. The van der Waals surface area contributed by atoms with Crippen LogP contribution in [0, 0.1) is 0 Å². The van der Waals surface area contributed by atoms with E-state index >= 15 is 0 Å². The van der Waals surface area contributed by atoms with Crippen molar-refractivity contribution >= 4 is 0 Å². The van der Waals surface area contributed by atoms with Crippen LogP contribution in [0.25, 0.3) is 0 Å². The molecule has 60 heavy (non-hydrogen) atoms. The fourth-order valence-corrected chi connectivity index (χ4v) is 7.93. The van der Waals surface area contributed by atoms with E-state index in [-0.39, 0.29) is 69.4 Å². The van der Waals surface area contributed by atoms with Gasteiger partial charge in [0.25, 0.3) is 0 Å². The smallest absolute Gasteiger partial charge is 0.336 e. The minimum absolute atomic E-state index is 0.0268. The summed E-state index contributed by atoms with van der Waals surface area (Å²) in [6.45, 7) is 36.9. The second kappa shape index (κ2) is 16.4. The highest BCUT2D eigenvalue weighted by Gasteiger charge is 2.30. The molecule has 0 unspecified atom stereocenters. The Hall–Kier alpha value is -4.53. The highest BCUT2D eigenvalue weighted by Crippen LogP contribution is 2.42. The highest BCUT2D eigenvalue weighted by atomic mass is 16.3. The van der Waals surface area contributed by atoms with Crippen molar-refractivity contribution in [3.63, 3.8) is 0 Å². The van der Waals surface area contributed by atoms with E-state index in [0.29, 0.717) is 19.3 Å². The van der Waals surface area contributed by atoms with E-state index in [9.17, 15) is 29.7 Å². The van der Waals surface area contributed by atoms with Gasteiger partial charge in [0.15, 0.2) is 0 Å². The third-order valence-electron chi connectivity index (χ3n) is 11.6. The Morgan fingerprint density at radius 2 is 0.483 bits per heavy atom. The van der Waals surface area contributed by atoms with Crippen LogP contribution in [0.2, 0.25) is 0 Å². The second-order valence-corrected chi connectivity index (χ2v) is 23.2. The number of aromatic nitrogens is 3. The van der Waals surface area contributed by atoms with Gasteiger partial charge < -0.3 is 15.3 Å². The fraction of sp³-hybridized carbons (Fsp3) is 0.588. The van der Waals surface area contributed by atoms with Gasteiger partial charge in [-0.2, -0.15) is 0 Å². The fourth-order valence-electron chi connectivity index (χ4n) is 7.93. The van der Waals surface area contributed by atoms with Crippen LogP contribution in [0.1, 0.15) is 175 Å². The van der Waals surface area contributed by atoms with Gasteiger partial charge in [0.2, 0.25) is 0 Å². The van der Waals surface area contributed by atoms with Gasteiger partial charge >= 0.3 is 17.1 Å². The van der Waals surface area contributed by atoms with Crippen LogP contribution < -0.4 is 17.1 Å². The lowest BCUT2D eigenvalue weighted by Crippen LogP contribution is -2.55. The number of aryl methyl sites for hydroxylation is 3. The summed E-state index contributed by atoms with van der Waals surface area (Å²) in [6.07, 6.45) is 0.969. The van der Waals surface area contributed by atoms with Crippen LogP contribution in [0.3, 0.4) is 0 Å². The van der Waals surface area contributed by atoms with Crippen molar-refractivity contribution in [2.24, 2.45) is 0 Å². The summed E-state index contributed by atoms with van der Waals surface area (Å²) < 4.78 is 3.53. The van der Waals surface area contributed by atoms with Gasteiger partial charge in [0, 0.05) is 19.6 Å². The number of benzene rings is 3. The summed E-state index contributed by atoms with van der Waals surface area (Å²) >= 11 is 0. The van der Waals surface area contributed by atoms with Gasteiger partial charge in [-0.05, 0) is 102 Å². The van der Waals surface area contributed by atoms with E-state index in [0.717, 1.165) is 50.1 Å². The topological polar surface area (TPSA) is 127 Å². The van der Waals surface area contributed by atoms with Gasteiger partial charge in [-0.25, -0.2) is 28.1 Å². The Labute approximate surface area is 359 Å². The van der Waals surface area contributed by atoms with Crippen molar-refractivity contribution < 1.29 is 15.3 Å². The van der Waals surface area contributed by atoms with Crippen LogP contribution in [0.5, 0.6) is 17.2 Å². The van der Waals surface area contributed by atoms with Gasteiger partial charge in [-0.1, -0.05) is 161 Å². The minimum atomic E-state index is -0.673. The molecule has 0 amide bonds. The minimum Gasteiger partial charge on any atom is -0.507 e. The molecule has 1 heterocycles. The van der Waals surface area contributed by atoms with E-state index in [1.54, 1.807) is 0 Å². The quantitative estimate of drug-likeness (QED) is 0.154. The second-order valence-electron chi connectivity index (χ2n) is 23.2. The number of phenols is 3. The summed E-state index contributed by atoms with van der Waals surface area (Å²) in [7, 11) is 0. The standard InChI is InChI=1S/C51H75N3O6/c1-46(2,3)34-25-31(26-35(40(34)55)47(4,5)6)19-22-52-43(58)53(23-20-32-27-36(48(7,8)9)41(56)37(28-32)49(10,11)12)45(60)54(44(52)59)24-21-33-29-38(50(13,14)15)42(57)39(30-33)51(16,17)18/h25-30,55-57H,19-24H2,1-18H3. The predicted molar refractivity (Wildman–Crippen MR) is 247 cm³/mol. The molecule has 0 aliphatic carbocycles.